The van der Waals surface area contributed by atoms with Gasteiger partial charge in [-0.2, -0.15) is 0 Å². The van der Waals surface area contributed by atoms with E-state index in [4.69, 9.17) is 0 Å². The molecule has 1 aliphatic heterocycles. The van der Waals surface area contributed by atoms with E-state index in [-0.39, 0.29) is 11.8 Å². The average molecular weight is 320 g/mol. The second kappa shape index (κ2) is 6.71. The lowest BCUT2D eigenvalue weighted by atomic mass is 10.1. The summed E-state index contributed by atoms with van der Waals surface area (Å²) in [7, 11) is 3.45. The van der Waals surface area contributed by atoms with Crippen molar-refractivity contribution < 1.29 is 9.59 Å². The fourth-order valence-corrected chi connectivity index (χ4v) is 2.82. The molecule has 0 fully saturated rings. The smallest absolute Gasteiger partial charge is 0.253 e. The highest BCUT2D eigenvalue weighted by Crippen LogP contribution is 2.27. The molecule has 0 unspecified atom stereocenters. The van der Waals surface area contributed by atoms with Crippen molar-refractivity contribution >= 4 is 23.6 Å². The first-order valence-corrected chi connectivity index (χ1v) is 7.95. The molecule has 1 heterocycles. The monoisotopic (exact) mass is 320 g/mol. The molecule has 2 aromatic rings. The molecule has 0 spiro atoms. The maximum atomic E-state index is 12.4. The van der Waals surface area contributed by atoms with Gasteiger partial charge >= 0.3 is 0 Å². The van der Waals surface area contributed by atoms with Crippen molar-refractivity contribution in [2.45, 2.75) is 6.42 Å². The van der Waals surface area contributed by atoms with E-state index in [0.717, 1.165) is 24.2 Å². The van der Waals surface area contributed by atoms with Crippen molar-refractivity contribution in [3.63, 3.8) is 0 Å². The highest BCUT2D eigenvalue weighted by molar-refractivity contribution is 6.05. The first-order valence-electron chi connectivity index (χ1n) is 7.95. The second-order valence-electron chi connectivity index (χ2n) is 6.02. The van der Waals surface area contributed by atoms with Gasteiger partial charge in [0.15, 0.2) is 0 Å². The third-order valence-electron chi connectivity index (χ3n) is 4.14. The third kappa shape index (κ3) is 3.23. The number of nitrogens with zero attached hydrogens (tertiary/aromatic N) is 2. The van der Waals surface area contributed by atoms with Crippen LogP contribution in [0.4, 0.5) is 5.69 Å². The van der Waals surface area contributed by atoms with Gasteiger partial charge in [0.1, 0.15) is 0 Å². The van der Waals surface area contributed by atoms with Crippen LogP contribution in [0.25, 0.3) is 6.08 Å². The number of anilines is 1. The number of fused-ring (bicyclic) bond motifs is 1. The summed E-state index contributed by atoms with van der Waals surface area (Å²) >= 11 is 0. The number of hydrogen-bond donors (Lipinski definition) is 0. The van der Waals surface area contributed by atoms with Crippen LogP contribution in [0.3, 0.4) is 0 Å². The van der Waals surface area contributed by atoms with E-state index in [2.05, 4.69) is 6.07 Å². The molecule has 0 aliphatic carbocycles. The zero-order chi connectivity index (χ0) is 17.1. The standard InChI is InChI=1S/C20H20N2O2/c1-21(2)20(24)17-10-7-15(8-11-17)9-12-19(23)22-14-13-16-5-3-4-6-18(16)22/h3-12H,13-14H2,1-2H3/b12-9+. The van der Waals surface area contributed by atoms with Gasteiger partial charge in [0.25, 0.3) is 11.8 Å². The molecule has 0 bridgehead atoms. The molecule has 2 aromatic carbocycles. The molecule has 0 saturated heterocycles. The van der Waals surface area contributed by atoms with Crippen LogP contribution in [-0.4, -0.2) is 37.4 Å². The molecule has 0 N–H and O–H groups in total. The summed E-state index contributed by atoms with van der Waals surface area (Å²) in [6, 6.07) is 15.2. The number of carbonyl (C=O) groups is 2. The fraction of sp³-hybridized carbons (Fsp3) is 0.200. The van der Waals surface area contributed by atoms with Gasteiger partial charge in [-0.25, -0.2) is 0 Å². The van der Waals surface area contributed by atoms with Gasteiger partial charge in [0.05, 0.1) is 0 Å². The highest BCUT2D eigenvalue weighted by atomic mass is 16.2. The summed E-state index contributed by atoms with van der Waals surface area (Å²) in [4.78, 5) is 27.6. The Balaban J connectivity index is 1.70. The van der Waals surface area contributed by atoms with Crippen LogP contribution >= 0.6 is 0 Å². The zero-order valence-electron chi connectivity index (χ0n) is 13.9. The van der Waals surface area contributed by atoms with Crippen molar-refractivity contribution in [2.75, 3.05) is 25.5 Å². The summed E-state index contributed by atoms with van der Waals surface area (Å²) in [5, 5.41) is 0. The minimum absolute atomic E-state index is 0.0200. The van der Waals surface area contributed by atoms with E-state index in [0.29, 0.717) is 5.56 Å². The minimum Gasteiger partial charge on any atom is -0.345 e. The quantitative estimate of drug-likeness (QED) is 0.816. The Kier molecular flexibility index (Phi) is 4.47. The first kappa shape index (κ1) is 16.0. The van der Waals surface area contributed by atoms with Gasteiger partial charge in [0.2, 0.25) is 0 Å². The Morgan fingerprint density at radius 2 is 1.75 bits per heavy atom. The molecule has 0 aromatic heterocycles. The summed E-state index contributed by atoms with van der Waals surface area (Å²) in [6.45, 7) is 0.721. The maximum absolute atomic E-state index is 12.4. The van der Waals surface area contributed by atoms with E-state index in [1.165, 1.54) is 5.56 Å². The van der Waals surface area contributed by atoms with Crippen molar-refractivity contribution in [1.29, 1.82) is 0 Å². The number of rotatable bonds is 3. The van der Waals surface area contributed by atoms with Crippen LogP contribution in [-0.2, 0) is 11.2 Å². The lowest BCUT2D eigenvalue weighted by Gasteiger charge is -2.14. The van der Waals surface area contributed by atoms with E-state index in [1.807, 2.05) is 30.3 Å². The molecule has 4 nitrogen and oxygen atoms in total. The van der Waals surface area contributed by atoms with Crippen LogP contribution in [0.5, 0.6) is 0 Å². The molecule has 3 rings (SSSR count). The van der Waals surface area contributed by atoms with Crippen LogP contribution in [0.1, 0.15) is 21.5 Å². The number of amides is 2. The number of benzene rings is 2. The van der Waals surface area contributed by atoms with E-state index >= 15 is 0 Å². The number of para-hydroxylation sites is 1. The molecule has 2 amide bonds. The normalized spacial score (nSPS) is 13.2. The summed E-state index contributed by atoms with van der Waals surface area (Å²) in [5.41, 5.74) is 3.74. The van der Waals surface area contributed by atoms with Crippen LogP contribution in [0, 0.1) is 0 Å². The second-order valence-corrected chi connectivity index (χ2v) is 6.02. The summed E-state index contributed by atoms with van der Waals surface area (Å²) in [6.07, 6.45) is 4.27. The molecule has 4 heteroatoms. The predicted octanol–water partition coefficient (Wildman–Crippen LogP) is 2.99. The molecule has 0 radical (unpaired) electrons. The SMILES string of the molecule is CN(C)C(=O)c1ccc(/C=C/C(=O)N2CCc3ccccc32)cc1. The Bertz CT molecular complexity index is 792. The van der Waals surface area contributed by atoms with E-state index < -0.39 is 0 Å². The summed E-state index contributed by atoms with van der Waals surface area (Å²) in [5.74, 6) is -0.0522. The first-order chi connectivity index (χ1) is 11.6. The number of carbonyl (C=O) groups excluding carboxylic acids is 2. The Morgan fingerprint density at radius 3 is 2.46 bits per heavy atom. The molecule has 0 saturated carbocycles. The Labute approximate surface area is 142 Å². The van der Waals surface area contributed by atoms with Gasteiger partial charge in [0, 0.05) is 38.0 Å². The number of hydrogen-bond acceptors (Lipinski definition) is 2. The topological polar surface area (TPSA) is 40.6 Å². The van der Waals surface area contributed by atoms with Crippen LogP contribution in [0.15, 0.2) is 54.6 Å². The van der Waals surface area contributed by atoms with E-state index in [1.54, 1.807) is 48.2 Å². The van der Waals surface area contributed by atoms with Crippen molar-refractivity contribution in [2.24, 2.45) is 0 Å². The van der Waals surface area contributed by atoms with E-state index in [9.17, 15) is 9.59 Å². The van der Waals surface area contributed by atoms with Crippen LogP contribution in [0.2, 0.25) is 0 Å². The van der Waals surface area contributed by atoms with Gasteiger partial charge in [-0.3, -0.25) is 9.59 Å². The molecular formula is C20H20N2O2. The van der Waals surface area contributed by atoms with Gasteiger partial charge in [-0.1, -0.05) is 30.3 Å². The average Bonchev–Trinajstić information content (AvgIpc) is 3.03. The fourth-order valence-electron chi connectivity index (χ4n) is 2.82. The zero-order valence-corrected chi connectivity index (χ0v) is 13.9. The predicted molar refractivity (Wildman–Crippen MR) is 96.0 cm³/mol. The van der Waals surface area contributed by atoms with Crippen molar-refractivity contribution in [3.05, 3.63) is 71.3 Å². The molecular weight excluding hydrogens is 300 g/mol. The molecule has 1 aliphatic rings. The Morgan fingerprint density at radius 1 is 1.04 bits per heavy atom. The maximum Gasteiger partial charge on any atom is 0.253 e. The molecule has 24 heavy (non-hydrogen) atoms. The van der Waals surface area contributed by atoms with Gasteiger partial charge in [-0.05, 0) is 41.8 Å². The van der Waals surface area contributed by atoms with Crippen LogP contribution < -0.4 is 4.90 Å². The molecule has 0 atom stereocenters. The lowest BCUT2D eigenvalue weighted by molar-refractivity contribution is -0.114. The largest absolute Gasteiger partial charge is 0.345 e. The molecule has 122 valence electrons. The lowest BCUT2D eigenvalue weighted by Crippen LogP contribution is -2.26. The Hall–Kier alpha value is -2.88. The third-order valence-corrected chi connectivity index (χ3v) is 4.14. The van der Waals surface area contributed by atoms with Gasteiger partial charge < -0.3 is 9.80 Å². The highest BCUT2D eigenvalue weighted by Gasteiger charge is 2.22. The minimum atomic E-state index is -0.0321. The van der Waals surface area contributed by atoms with Crippen molar-refractivity contribution in [3.8, 4) is 0 Å². The van der Waals surface area contributed by atoms with Gasteiger partial charge in [-0.15, -0.1) is 0 Å². The van der Waals surface area contributed by atoms with Crippen molar-refractivity contribution in [1.82, 2.24) is 4.90 Å². The summed E-state index contributed by atoms with van der Waals surface area (Å²) < 4.78 is 0.